The molecule has 0 radical (unpaired) electrons. The number of anilines is 1. The van der Waals surface area contributed by atoms with Gasteiger partial charge in [-0.3, -0.25) is 4.79 Å². The Kier molecular flexibility index (Phi) is 5.91. The van der Waals surface area contributed by atoms with Crippen LogP contribution in [0.2, 0.25) is 0 Å². The van der Waals surface area contributed by atoms with Gasteiger partial charge < -0.3 is 10.6 Å². The van der Waals surface area contributed by atoms with E-state index in [1.54, 1.807) is 0 Å². The van der Waals surface area contributed by atoms with Crippen molar-refractivity contribution in [3.63, 3.8) is 0 Å². The standard InChI is InChI=1S/C12H20N4OS2/c1-2-5-13-12-16-15-11(19-12)10(17)14-8-9-3-6-18-7-4-9/h9H,2-8H2,1H3,(H,13,16)(H,14,17). The average molecular weight is 300 g/mol. The normalized spacial score (nSPS) is 16.3. The third-order valence-electron chi connectivity index (χ3n) is 3.04. The highest BCUT2D eigenvalue weighted by Crippen LogP contribution is 2.22. The van der Waals surface area contributed by atoms with Crippen LogP contribution in [0.1, 0.15) is 36.0 Å². The van der Waals surface area contributed by atoms with Crippen LogP contribution in [0.5, 0.6) is 0 Å². The van der Waals surface area contributed by atoms with Crippen molar-refractivity contribution in [2.24, 2.45) is 5.92 Å². The molecule has 0 aliphatic carbocycles. The SMILES string of the molecule is CCCNc1nnc(C(=O)NCC2CCSCC2)s1. The molecular weight excluding hydrogens is 280 g/mol. The quantitative estimate of drug-likeness (QED) is 0.843. The lowest BCUT2D eigenvalue weighted by atomic mass is 10.0. The summed E-state index contributed by atoms with van der Waals surface area (Å²) in [6, 6.07) is 0. The Hall–Kier alpha value is -0.820. The average Bonchev–Trinajstić information content (AvgIpc) is 2.92. The van der Waals surface area contributed by atoms with Crippen molar-refractivity contribution < 1.29 is 4.79 Å². The van der Waals surface area contributed by atoms with Crippen LogP contribution in [0.4, 0.5) is 5.13 Å². The molecule has 0 aromatic carbocycles. The molecule has 1 amide bonds. The van der Waals surface area contributed by atoms with E-state index in [2.05, 4.69) is 27.8 Å². The van der Waals surface area contributed by atoms with E-state index in [1.165, 1.54) is 35.7 Å². The summed E-state index contributed by atoms with van der Waals surface area (Å²) in [5.74, 6) is 2.95. The predicted octanol–water partition coefficient (Wildman–Crippen LogP) is 2.23. The second kappa shape index (κ2) is 7.69. The van der Waals surface area contributed by atoms with E-state index >= 15 is 0 Å². The van der Waals surface area contributed by atoms with Crippen LogP contribution in [-0.2, 0) is 0 Å². The monoisotopic (exact) mass is 300 g/mol. The summed E-state index contributed by atoms with van der Waals surface area (Å²) >= 11 is 3.32. The van der Waals surface area contributed by atoms with Gasteiger partial charge in [-0.25, -0.2) is 0 Å². The molecule has 0 saturated carbocycles. The van der Waals surface area contributed by atoms with Crippen LogP contribution in [-0.4, -0.2) is 40.7 Å². The molecule has 19 heavy (non-hydrogen) atoms. The van der Waals surface area contributed by atoms with E-state index in [4.69, 9.17) is 0 Å². The summed E-state index contributed by atoms with van der Waals surface area (Å²) in [4.78, 5) is 11.9. The molecule has 1 fully saturated rings. The number of carbonyl (C=O) groups excluding carboxylic acids is 1. The van der Waals surface area contributed by atoms with Gasteiger partial charge in [0.1, 0.15) is 0 Å². The minimum Gasteiger partial charge on any atom is -0.360 e. The van der Waals surface area contributed by atoms with Gasteiger partial charge >= 0.3 is 0 Å². The zero-order chi connectivity index (χ0) is 13.5. The highest BCUT2D eigenvalue weighted by Gasteiger charge is 2.17. The highest BCUT2D eigenvalue weighted by molar-refractivity contribution is 7.99. The van der Waals surface area contributed by atoms with Crippen LogP contribution in [0.25, 0.3) is 0 Å². The van der Waals surface area contributed by atoms with E-state index in [1.807, 2.05) is 11.8 Å². The van der Waals surface area contributed by atoms with Gasteiger partial charge in [0.25, 0.3) is 5.91 Å². The summed E-state index contributed by atoms with van der Waals surface area (Å²) in [5, 5.41) is 15.2. The van der Waals surface area contributed by atoms with Crippen molar-refractivity contribution >= 4 is 34.1 Å². The molecule has 1 aliphatic heterocycles. The van der Waals surface area contributed by atoms with Gasteiger partial charge in [-0.2, -0.15) is 11.8 Å². The Labute approximate surface area is 122 Å². The minimum atomic E-state index is -0.0970. The number of nitrogens with one attached hydrogen (secondary N) is 2. The molecule has 2 heterocycles. The molecule has 0 spiro atoms. The number of carbonyl (C=O) groups is 1. The van der Waals surface area contributed by atoms with Crippen molar-refractivity contribution in [1.82, 2.24) is 15.5 Å². The topological polar surface area (TPSA) is 66.9 Å². The second-order valence-electron chi connectivity index (χ2n) is 4.60. The number of rotatable bonds is 6. The van der Waals surface area contributed by atoms with Crippen LogP contribution in [0.3, 0.4) is 0 Å². The molecule has 1 aliphatic rings. The second-order valence-corrected chi connectivity index (χ2v) is 6.81. The number of hydrogen-bond acceptors (Lipinski definition) is 6. The van der Waals surface area contributed by atoms with Crippen molar-refractivity contribution in [3.8, 4) is 0 Å². The maximum atomic E-state index is 11.9. The fourth-order valence-corrected chi connectivity index (χ4v) is 3.77. The lowest BCUT2D eigenvalue weighted by Gasteiger charge is -2.21. The van der Waals surface area contributed by atoms with Crippen LogP contribution in [0, 0.1) is 5.92 Å². The predicted molar refractivity (Wildman–Crippen MR) is 81.1 cm³/mol. The van der Waals surface area contributed by atoms with E-state index in [9.17, 15) is 4.79 Å². The molecule has 0 unspecified atom stereocenters. The zero-order valence-electron chi connectivity index (χ0n) is 11.1. The molecule has 7 heteroatoms. The first-order chi connectivity index (χ1) is 9.29. The van der Waals surface area contributed by atoms with Gasteiger partial charge in [0, 0.05) is 13.1 Å². The lowest BCUT2D eigenvalue weighted by molar-refractivity contribution is 0.0945. The molecule has 0 atom stereocenters. The first-order valence-electron chi connectivity index (χ1n) is 6.73. The molecule has 1 saturated heterocycles. The number of aromatic nitrogens is 2. The molecule has 106 valence electrons. The summed E-state index contributed by atoms with van der Waals surface area (Å²) < 4.78 is 0. The van der Waals surface area contributed by atoms with Gasteiger partial charge in [0.05, 0.1) is 0 Å². The third kappa shape index (κ3) is 4.65. The van der Waals surface area contributed by atoms with Crippen molar-refractivity contribution in [2.45, 2.75) is 26.2 Å². The maximum absolute atomic E-state index is 11.9. The molecule has 5 nitrogen and oxygen atoms in total. The van der Waals surface area contributed by atoms with Crippen molar-refractivity contribution in [1.29, 1.82) is 0 Å². The summed E-state index contributed by atoms with van der Waals surface area (Å²) in [6.07, 6.45) is 3.43. The van der Waals surface area contributed by atoms with Gasteiger partial charge in [-0.05, 0) is 36.7 Å². The van der Waals surface area contributed by atoms with Crippen LogP contribution < -0.4 is 10.6 Å². The maximum Gasteiger partial charge on any atom is 0.282 e. The van der Waals surface area contributed by atoms with E-state index in [0.29, 0.717) is 10.9 Å². The van der Waals surface area contributed by atoms with Crippen LogP contribution >= 0.6 is 23.1 Å². The molecule has 1 aromatic rings. The van der Waals surface area contributed by atoms with Crippen molar-refractivity contribution in [2.75, 3.05) is 29.9 Å². The van der Waals surface area contributed by atoms with Gasteiger partial charge in [-0.1, -0.05) is 18.3 Å². The first kappa shape index (κ1) is 14.6. The summed E-state index contributed by atoms with van der Waals surface area (Å²) in [6.45, 7) is 3.71. The lowest BCUT2D eigenvalue weighted by Crippen LogP contribution is -2.30. The minimum absolute atomic E-state index is 0.0970. The molecule has 2 rings (SSSR count). The first-order valence-corrected chi connectivity index (χ1v) is 8.70. The summed E-state index contributed by atoms with van der Waals surface area (Å²) in [7, 11) is 0. The van der Waals surface area contributed by atoms with Crippen LogP contribution in [0.15, 0.2) is 0 Å². The number of thioether (sulfide) groups is 1. The van der Waals surface area contributed by atoms with Crippen molar-refractivity contribution in [3.05, 3.63) is 5.01 Å². The molecular formula is C12H20N4OS2. The summed E-state index contributed by atoms with van der Waals surface area (Å²) in [5.41, 5.74) is 0. The van der Waals surface area contributed by atoms with E-state index in [-0.39, 0.29) is 5.91 Å². The van der Waals surface area contributed by atoms with E-state index in [0.717, 1.165) is 24.6 Å². The zero-order valence-corrected chi connectivity index (χ0v) is 12.8. The van der Waals surface area contributed by atoms with Gasteiger partial charge in [0.15, 0.2) is 0 Å². The Morgan fingerprint density at radius 2 is 2.16 bits per heavy atom. The number of amides is 1. The Morgan fingerprint density at radius 1 is 1.37 bits per heavy atom. The third-order valence-corrected chi connectivity index (χ3v) is 4.97. The fourth-order valence-electron chi connectivity index (χ4n) is 1.88. The Morgan fingerprint density at radius 3 is 2.89 bits per heavy atom. The molecule has 0 bridgehead atoms. The number of hydrogen-bond donors (Lipinski definition) is 2. The van der Waals surface area contributed by atoms with Gasteiger partial charge in [0.2, 0.25) is 10.1 Å². The Bertz CT molecular complexity index is 404. The molecule has 1 aromatic heterocycles. The highest BCUT2D eigenvalue weighted by atomic mass is 32.2. The Balaban J connectivity index is 1.77. The smallest absolute Gasteiger partial charge is 0.282 e. The fraction of sp³-hybridized carbons (Fsp3) is 0.750. The largest absolute Gasteiger partial charge is 0.360 e. The molecule has 2 N–H and O–H groups in total. The number of nitrogens with zero attached hydrogens (tertiary/aromatic N) is 2. The van der Waals surface area contributed by atoms with Gasteiger partial charge in [-0.15, -0.1) is 10.2 Å². The van der Waals surface area contributed by atoms with E-state index < -0.39 is 0 Å².